The maximum absolute atomic E-state index is 5.80. The Kier molecular flexibility index (Phi) is 3.85. The summed E-state index contributed by atoms with van der Waals surface area (Å²) in [5.74, 6) is 0.654. The molecule has 1 aromatic rings. The summed E-state index contributed by atoms with van der Waals surface area (Å²) in [6.45, 7) is 1.67. The van der Waals surface area contributed by atoms with E-state index in [4.69, 9.17) is 5.73 Å². The van der Waals surface area contributed by atoms with Gasteiger partial charge in [-0.1, -0.05) is 6.42 Å². The number of nitrogens with two attached hydrogens (primary N) is 1. The second kappa shape index (κ2) is 5.37. The van der Waals surface area contributed by atoms with Crippen molar-refractivity contribution in [2.24, 2.45) is 11.7 Å². The third-order valence-electron chi connectivity index (χ3n) is 3.52. The van der Waals surface area contributed by atoms with E-state index in [0.717, 1.165) is 18.8 Å². The summed E-state index contributed by atoms with van der Waals surface area (Å²) in [6, 6.07) is 0.618. The molecule has 1 heterocycles. The molecule has 0 aromatic carbocycles. The van der Waals surface area contributed by atoms with Crippen molar-refractivity contribution in [3.05, 3.63) is 24.3 Å². The average Bonchev–Trinajstić information content (AvgIpc) is 2.78. The van der Waals surface area contributed by atoms with Gasteiger partial charge in [0.2, 0.25) is 0 Å². The predicted octanol–water partition coefficient (Wildman–Crippen LogP) is 1.04. The van der Waals surface area contributed by atoms with Crippen molar-refractivity contribution in [1.82, 2.24) is 14.9 Å². The van der Waals surface area contributed by atoms with E-state index in [1.807, 2.05) is 6.20 Å². The maximum Gasteiger partial charge on any atom is 0.0726 e. The zero-order valence-corrected chi connectivity index (χ0v) is 9.84. The molecule has 0 spiro atoms. The number of hydrogen-bond acceptors (Lipinski definition) is 4. The van der Waals surface area contributed by atoms with Crippen LogP contribution in [0.15, 0.2) is 18.6 Å². The summed E-state index contributed by atoms with van der Waals surface area (Å²) in [6.07, 6.45) is 9.13. The molecule has 2 atom stereocenters. The van der Waals surface area contributed by atoms with Gasteiger partial charge in [-0.3, -0.25) is 14.9 Å². The number of hydrogen-bond donors (Lipinski definition) is 1. The molecule has 1 fully saturated rings. The van der Waals surface area contributed by atoms with Gasteiger partial charge in [-0.25, -0.2) is 0 Å². The monoisotopic (exact) mass is 220 g/mol. The van der Waals surface area contributed by atoms with Crippen LogP contribution >= 0.6 is 0 Å². The molecule has 2 rings (SSSR count). The summed E-state index contributed by atoms with van der Waals surface area (Å²) in [5, 5.41) is 0. The van der Waals surface area contributed by atoms with Gasteiger partial charge in [0, 0.05) is 31.2 Å². The van der Waals surface area contributed by atoms with Gasteiger partial charge in [0.15, 0.2) is 0 Å². The first-order chi connectivity index (χ1) is 7.81. The van der Waals surface area contributed by atoms with Crippen LogP contribution in [0.5, 0.6) is 0 Å². The smallest absolute Gasteiger partial charge is 0.0726 e. The quantitative estimate of drug-likeness (QED) is 0.823. The van der Waals surface area contributed by atoms with Crippen molar-refractivity contribution in [2.75, 3.05) is 13.6 Å². The molecule has 0 amide bonds. The third kappa shape index (κ3) is 2.57. The summed E-state index contributed by atoms with van der Waals surface area (Å²) >= 11 is 0. The lowest BCUT2D eigenvalue weighted by atomic mass is 10.0. The van der Waals surface area contributed by atoms with Crippen LogP contribution in [0.25, 0.3) is 0 Å². The first-order valence-electron chi connectivity index (χ1n) is 5.96. The Labute approximate surface area is 96.9 Å². The van der Waals surface area contributed by atoms with Crippen molar-refractivity contribution in [3.63, 3.8) is 0 Å². The second-order valence-electron chi connectivity index (χ2n) is 4.61. The van der Waals surface area contributed by atoms with Crippen LogP contribution in [0.1, 0.15) is 25.0 Å². The van der Waals surface area contributed by atoms with Crippen molar-refractivity contribution in [2.45, 2.75) is 31.8 Å². The van der Waals surface area contributed by atoms with Crippen molar-refractivity contribution >= 4 is 0 Å². The minimum absolute atomic E-state index is 0.618. The molecule has 0 bridgehead atoms. The van der Waals surface area contributed by atoms with Gasteiger partial charge in [-0.15, -0.1) is 0 Å². The van der Waals surface area contributed by atoms with Gasteiger partial charge in [0.25, 0.3) is 0 Å². The van der Waals surface area contributed by atoms with Crippen LogP contribution in [0.3, 0.4) is 0 Å². The molecule has 88 valence electrons. The van der Waals surface area contributed by atoms with Gasteiger partial charge >= 0.3 is 0 Å². The minimum atomic E-state index is 0.618. The van der Waals surface area contributed by atoms with E-state index >= 15 is 0 Å². The predicted molar refractivity (Wildman–Crippen MR) is 63.7 cm³/mol. The van der Waals surface area contributed by atoms with Crippen LogP contribution in [-0.2, 0) is 6.54 Å². The molecule has 1 saturated carbocycles. The Balaban J connectivity index is 1.95. The summed E-state index contributed by atoms with van der Waals surface area (Å²) in [7, 11) is 2.16. The Morgan fingerprint density at radius 1 is 1.44 bits per heavy atom. The van der Waals surface area contributed by atoms with E-state index in [9.17, 15) is 0 Å². The zero-order chi connectivity index (χ0) is 11.4. The van der Waals surface area contributed by atoms with Crippen molar-refractivity contribution in [1.29, 1.82) is 0 Å². The lowest BCUT2D eigenvalue weighted by Gasteiger charge is -2.28. The van der Waals surface area contributed by atoms with E-state index < -0.39 is 0 Å². The number of nitrogens with zero attached hydrogens (tertiary/aromatic N) is 3. The first kappa shape index (κ1) is 11.5. The largest absolute Gasteiger partial charge is 0.330 e. The maximum atomic E-state index is 5.80. The van der Waals surface area contributed by atoms with E-state index in [1.54, 1.807) is 12.4 Å². The van der Waals surface area contributed by atoms with Crippen LogP contribution in [0.2, 0.25) is 0 Å². The fourth-order valence-corrected chi connectivity index (χ4v) is 2.66. The number of rotatable bonds is 4. The highest BCUT2D eigenvalue weighted by Crippen LogP contribution is 2.28. The Morgan fingerprint density at radius 3 is 3.00 bits per heavy atom. The van der Waals surface area contributed by atoms with Crippen molar-refractivity contribution in [3.8, 4) is 0 Å². The molecule has 4 nitrogen and oxygen atoms in total. The highest BCUT2D eigenvalue weighted by molar-refractivity contribution is 4.96. The molecular formula is C12H20N4. The van der Waals surface area contributed by atoms with Gasteiger partial charge in [-0.2, -0.15) is 0 Å². The molecule has 1 aromatic heterocycles. The topological polar surface area (TPSA) is 55.0 Å². The lowest BCUT2D eigenvalue weighted by Crippen LogP contribution is -2.37. The lowest BCUT2D eigenvalue weighted by molar-refractivity contribution is 0.190. The summed E-state index contributed by atoms with van der Waals surface area (Å²) in [4.78, 5) is 10.8. The standard InChI is InChI=1S/C12H20N4/c1-16(9-11-8-14-5-6-15-11)12-4-2-3-10(12)7-13/h5-6,8,10,12H,2-4,7,9,13H2,1H3. The zero-order valence-electron chi connectivity index (χ0n) is 9.84. The van der Waals surface area contributed by atoms with E-state index in [2.05, 4.69) is 21.9 Å². The van der Waals surface area contributed by atoms with Crippen LogP contribution in [0, 0.1) is 5.92 Å². The average molecular weight is 220 g/mol. The summed E-state index contributed by atoms with van der Waals surface area (Å²) in [5.41, 5.74) is 6.84. The fraction of sp³-hybridized carbons (Fsp3) is 0.667. The first-order valence-corrected chi connectivity index (χ1v) is 5.96. The molecule has 16 heavy (non-hydrogen) atoms. The second-order valence-corrected chi connectivity index (χ2v) is 4.61. The van der Waals surface area contributed by atoms with Crippen LogP contribution < -0.4 is 5.73 Å². The highest BCUT2D eigenvalue weighted by atomic mass is 15.1. The third-order valence-corrected chi connectivity index (χ3v) is 3.52. The molecule has 4 heteroatoms. The van der Waals surface area contributed by atoms with Crippen LogP contribution in [-0.4, -0.2) is 34.5 Å². The molecule has 0 aliphatic heterocycles. The molecule has 1 aliphatic carbocycles. The molecule has 0 radical (unpaired) electrons. The normalized spacial score (nSPS) is 25.2. The molecule has 2 unspecified atom stereocenters. The van der Waals surface area contributed by atoms with E-state index in [1.165, 1.54) is 19.3 Å². The number of aromatic nitrogens is 2. The van der Waals surface area contributed by atoms with E-state index in [0.29, 0.717) is 12.0 Å². The van der Waals surface area contributed by atoms with Gasteiger partial charge in [0.05, 0.1) is 5.69 Å². The Hall–Kier alpha value is -1.00. The summed E-state index contributed by atoms with van der Waals surface area (Å²) < 4.78 is 0. The minimum Gasteiger partial charge on any atom is -0.330 e. The van der Waals surface area contributed by atoms with Gasteiger partial charge < -0.3 is 5.73 Å². The van der Waals surface area contributed by atoms with Crippen LogP contribution in [0.4, 0.5) is 0 Å². The van der Waals surface area contributed by atoms with Gasteiger partial charge in [0.1, 0.15) is 0 Å². The molecular weight excluding hydrogens is 200 g/mol. The van der Waals surface area contributed by atoms with Gasteiger partial charge in [-0.05, 0) is 32.4 Å². The molecule has 1 aliphatic rings. The highest BCUT2D eigenvalue weighted by Gasteiger charge is 2.29. The molecule has 0 saturated heterocycles. The molecule has 2 N–H and O–H groups in total. The van der Waals surface area contributed by atoms with Crippen molar-refractivity contribution < 1.29 is 0 Å². The van der Waals surface area contributed by atoms with E-state index in [-0.39, 0.29) is 0 Å². The fourth-order valence-electron chi connectivity index (χ4n) is 2.66. The Bertz CT molecular complexity index is 314. The SMILES string of the molecule is CN(Cc1cnccn1)C1CCCC1CN. The Morgan fingerprint density at radius 2 is 2.31 bits per heavy atom.